The lowest BCUT2D eigenvalue weighted by Crippen LogP contribution is -2.18. The van der Waals surface area contributed by atoms with Crippen molar-refractivity contribution in [3.05, 3.63) is 194 Å². The van der Waals surface area contributed by atoms with Gasteiger partial charge in [0.2, 0.25) is 0 Å². The van der Waals surface area contributed by atoms with Crippen LogP contribution in [0.25, 0.3) is 11.1 Å². The van der Waals surface area contributed by atoms with Crippen LogP contribution >= 0.6 is 58.0 Å². The molecule has 1 atom stereocenters. The van der Waals surface area contributed by atoms with E-state index in [-0.39, 0.29) is 17.1 Å². The van der Waals surface area contributed by atoms with Gasteiger partial charge < -0.3 is 0 Å². The van der Waals surface area contributed by atoms with Crippen LogP contribution in [0.4, 0.5) is 51.5 Å². The lowest BCUT2D eigenvalue weighted by atomic mass is 9.83. The molecular formula is C49H29F8NS5. The van der Waals surface area contributed by atoms with Crippen LogP contribution in [-0.2, 0) is 25.7 Å². The molecule has 10 rings (SSSR count). The van der Waals surface area contributed by atoms with E-state index < -0.39 is 81.3 Å². The Labute approximate surface area is 377 Å². The summed E-state index contributed by atoms with van der Waals surface area (Å²) in [5.41, 5.74) is -3.04. The van der Waals surface area contributed by atoms with E-state index in [0.717, 1.165) is 57.4 Å². The van der Waals surface area contributed by atoms with E-state index in [2.05, 4.69) is 0 Å². The summed E-state index contributed by atoms with van der Waals surface area (Å²) in [4.78, 5) is 6.86. The number of halogens is 8. The lowest BCUT2D eigenvalue weighted by molar-refractivity contribution is 0.429. The first-order valence-electron chi connectivity index (χ1n) is 19.6. The number of hydrogen-bond donors (Lipinski definition) is 0. The number of benzene rings is 6. The van der Waals surface area contributed by atoms with Gasteiger partial charge in [-0.15, -0.1) is 22.7 Å². The third-order valence-corrected chi connectivity index (χ3v) is 16.8. The largest absolute Gasteiger partial charge is 0.295 e. The van der Waals surface area contributed by atoms with Crippen molar-refractivity contribution < 1.29 is 35.1 Å². The van der Waals surface area contributed by atoms with Crippen molar-refractivity contribution >= 4 is 74.3 Å². The van der Waals surface area contributed by atoms with Gasteiger partial charge in [0.05, 0.1) is 21.7 Å². The zero-order valence-corrected chi connectivity index (χ0v) is 36.5. The molecule has 0 bridgehead atoms. The smallest absolute Gasteiger partial charge is 0.186 e. The average Bonchev–Trinajstić information content (AvgIpc) is 4.00. The van der Waals surface area contributed by atoms with Crippen LogP contribution in [0.5, 0.6) is 0 Å². The minimum absolute atomic E-state index is 0.159. The Balaban J connectivity index is 1.07. The zero-order valence-electron chi connectivity index (χ0n) is 32.5. The Hall–Kier alpha value is -4.99. The molecule has 1 nitrogen and oxygen atoms in total. The summed E-state index contributed by atoms with van der Waals surface area (Å²) < 4.78 is 132. The number of aryl methyl sites for hydroxylation is 1. The van der Waals surface area contributed by atoms with Gasteiger partial charge >= 0.3 is 0 Å². The molecular weight excluding hydrogens is 915 g/mol. The summed E-state index contributed by atoms with van der Waals surface area (Å²) in [6.45, 7) is 0. The molecule has 2 aromatic heterocycles. The van der Waals surface area contributed by atoms with Crippen LogP contribution in [0.15, 0.2) is 149 Å². The summed E-state index contributed by atoms with van der Waals surface area (Å²) in [7, 11) is 0. The van der Waals surface area contributed by atoms with Crippen LogP contribution < -0.4 is 4.90 Å². The molecule has 0 saturated carbocycles. The van der Waals surface area contributed by atoms with Crippen LogP contribution in [-0.4, -0.2) is 0 Å². The van der Waals surface area contributed by atoms with Crippen molar-refractivity contribution in [3.8, 4) is 11.1 Å². The fourth-order valence-corrected chi connectivity index (χ4v) is 13.4. The first kappa shape index (κ1) is 42.0. The molecule has 2 aliphatic heterocycles. The number of rotatable bonds is 9. The van der Waals surface area contributed by atoms with Gasteiger partial charge in [0.25, 0.3) is 0 Å². The predicted molar refractivity (Wildman–Crippen MR) is 238 cm³/mol. The van der Waals surface area contributed by atoms with Crippen molar-refractivity contribution in [2.75, 3.05) is 4.90 Å². The van der Waals surface area contributed by atoms with E-state index in [4.69, 9.17) is 0 Å². The maximum Gasteiger partial charge on any atom is 0.186 e. The van der Waals surface area contributed by atoms with Gasteiger partial charge in [-0.2, -0.15) is 0 Å². The average molecular weight is 944 g/mol. The summed E-state index contributed by atoms with van der Waals surface area (Å²) >= 11 is 6.69. The summed E-state index contributed by atoms with van der Waals surface area (Å²) in [6.07, 6.45) is 0.999. The van der Waals surface area contributed by atoms with Crippen molar-refractivity contribution in [1.29, 1.82) is 0 Å². The van der Waals surface area contributed by atoms with Crippen molar-refractivity contribution in [2.24, 2.45) is 0 Å². The Morgan fingerprint density at radius 2 is 1.06 bits per heavy atom. The minimum Gasteiger partial charge on any atom is -0.295 e. The molecule has 0 fully saturated rings. The second-order valence-electron chi connectivity index (χ2n) is 14.8. The maximum absolute atomic E-state index is 16.7. The molecule has 6 aromatic carbocycles. The van der Waals surface area contributed by atoms with Gasteiger partial charge in [0.1, 0.15) is 10.7 Å². The zero-order chi connectivity index (χ0) is 43.5. The van der Waals surface area contributed by atoms with Gasteiger partial charge in [-0.1, -0.05) is 89.9 Å². The molecule has 0 amide bonds. The highest BCUT2D eigenvalue weighted by atomic mass is 32.2. The molecule has 2 aliphatic rings. The maximum atomic E-state index is 16.7. The molecule has 1 unspecified atom stereocenters. The number of hydrogen-bond acceptors (Lipinski definition) is 6. The number of anilines is 3. The number of fused-ring (bicyclic) bond motifs is 4. The topological polar surface area (TPSA) is 3.24 Å². The first-order valence-corrected chi connectivity index (χ1v) is 23.8. The van der Waals surface area contributed by atoms with Crippen LogP contribution in [0, 0.1) is 46.5 Å². The van der Waals surface area contributed by atoms with Gasteiger partial charge in [-0.05, 0) is 114 Å². The van der Waals surface area contributed by atoms with Gasteiger partial charge in [0, 0.05) is 34.9 Å². The molecule has 0 aliphatic carbocycles. The SMILES string of the molecule is Fc1c(F)c(-c2c(F)c(F)c(N(c3cccs3)c3cccc4c3Sc3ccccc3S4)c(F)c2F)c(F)c(F)c1CC(Cc1cccs1)c1cccc2c1CCc1ccccc1S2. The normalized spacial score (nSPS) is 13.5. The lowest BCUT2D eigenvalue weighted by Gasteiger charge is -2.30. The summed E-state index contributed by atoms with van der Waals surface area (Å²) in [5.74, 6) is -17.4. The molecule has 63 heavy (non-hydrogen) atoms. The fraction of sp³-hybridized carbons (Fsp3) is 0.102. The quantitative estimate of drug-likeness (QED) is 0.105. The van der Waals surface area contributed by atoms with Gasteiger partial charge in [0.15, 0.2) is 46.5 Å². The first-order chi connectivity index (χ1) is 30.6. The van der Waals surface area contributed by atoms with E-state index in [1.165, 1.54) is 47.0 Å². The third kappa shape index (κ3) is 7.47. The van der Waals surface area contributed by atoms with Gasteiger partial charge in [-0.3, -0.25) is 4.90 Å². The molecule has 0 N–H and O–H groups in total. The van der Waals surface area contributed by atoms with E-state index in [0.29, 0.717) is 22.6 Å². The van der Waals surface area contributed by atoms with E-state index in [1.807, 2.05) is 84.2 Å². The van der Waals surface area contributed by atoms with Gasteiger partial charge in [-0.25, -0.2) is 35.1 Å². The highest BCUT2D eigenvalue weighted by Crippen LogP contribution is 2.55. The Bertz CT molecular complexity index is 3000. The highest BCUT2D eigenvalue weighted by molar-refractivity contribution is 8.05. The number of thiophene rings is 2. The van der Waals surface area contributed by atoms with Crippen molar-refractivity contribution in [3.63, 3.8) is 0 Å². The Morgan fingerprint density at radius 3 is 1.75 bits per heavy atom. The summed E-state index contributed by atoms with van der Waals surface area (Å²) in [5, 5.41) is 3.60. The number of nitrogens with zero attached hydrogens (tertiary/aromatic N) is 1. The molecule has 0 spiro atoms. The van der Waals surface area contributed by atoms with E-state index in [9.17, 15) is 0 Å². The highest BCUT2D eigenvalue weighted by Gasteiger charge is 2.38. The van der Waals surface area contributed by atoms with Crippen molar-refractivity contribution in [1.82, 2.24) is 0 Å². The molecule has 0 radical (unpaired) electrons. The van der Waals surface area contributed by atoms with E-state index in [1.54, 1.807) is 35.3 Å². The third-order valence-electron chi connectivity index (χ3n) is 11.2. The van der Waals surface area contributed by atoms with E-state index >= 15 is 35.1 Å². The van der Waals surface area contributed by atoms with Crippen molar-refractivity contribution in [2.45, 2.75) is 61.0 Å². The predicted octanol–water partition coefficient (Wildman–Crippen LogP) is 16.5. The van der Waals surface area contributed by atoms with Crippen LogP contribution in [0.2, 0.25) is 0 Å². The second kappa shape index (κ2) is 17.2. The summed E-state index contributed by atoms with van der Waals surface area (Å²) in [6, 6.07) is 32.7. The Morgan fingerprint density at radius 1 is 0.476 bits per heavy atom. The molecule has 4 heterocycles. The van der Waals surface area contributed by atoms with Crippen LogP contribution in [0.1, 0.15) is 33.0 Å². The minimum atomic E-state index is -2.23. The molecule has 8 aromatic rings. The fourth-order valence-electron chi connectivity index (χ4n) is 8.30. The standard InChI is InChI=1S/C49H29F8NS5/c50-40-30(24-26(23-27-10-7-21-59-27)28-11-5-16-33-29(28)20-19-25-9-1-2-13-32(25)61-33)41(51)43(53)38(42(40)52)39-44(54)46(56)48(47(57)45(39)55)58(37-18-8-22-60-37)31-12-6-17-36-49(31)63-35-15-4-3-14-34(35)62-36/h1-18,21-22,26H,19-20,23-24H2. The second-order valence-corrected chi connectivity index (χ2v) is 20.0. The molecule has 0 saturated heterocycles. The Kier molecular flexibility index (Phi) is 11.5. The molecule has 14 heteroatoms. The van der Waals surface area contributed by atoms with Crippen LogP contribution in [0.3, 0.4) is 0 Å². The monoisotopic (exact) mass is 943 g/mol. The molecule has 316 valence electrons.